The number of anilines is 2. The van der Waals surface area contributed by atoms with Gasteiger partial charge in [0.2, 0.25) is 5.91 Å². The summed E-state index contributed by atoms with van der Waals surface area (Å²) in [7, 11) is 1.63. The highest BCUT2D eigenvalue weighted by molar-refractivity contribution is 6.01. The van der Waals surface area contributed by atoms with Crippen LogP contribution >= 0.6 is 0 Å². The van der Waals surface area contributed by atoms with E-state index in [-0.39, 0.29) is 29.7 Å². The average Bonchev–Trinajstić information content (AvgIpc) is 3.02. The van der Waals surface area contributed by atoms with Gasteiger partial charge in [0.15, 0.2) is 5.78 Å². The zero-order valence-corrected chi connectivity index (χ0v) is 21.6. The number of carbonyl (C=O) groups is 2. The van der Waals surface area contributed by atoms with Crippen LogP contribution in [0.25, 0.3) is 0 Å². The first kappa shape index (κ1) is 24.6. The van der Waals surface area contributed by atoms with Crippen LogP contribution in [0, 0.1) is 5.41 Å². The molecule has 1 aliphatic carbocycles. The smallest absolute Gasteiger partial charge is 0.239 e. The molecule has 1 aliphatic heterocycles. The molecule has 0 bridgehead atoms. The quantitative estimate of drug-likeness (QED) is 0.464. The van der Waals surface area contributed by atoms with Crippen molar-refractivity contribution in [2.75, 3.05) is 23.9 Å². The van der Waals surface area contributed by atoms with E-state index in [1.54, 1.807) is 7.11 Å². The summed E-state index contributed by atoms with van der Waals surface area (Å²) in [5, 5.41) is 6.65. The number of nitrogens with one attached hydrogen (secondary N) is 2. The largest absolute Gasteiger partial charge is 0.497 e. The lowest BCUT2D eigenvalue weighted by molar-refractivity contribution is -0.120. The molecule has 1 atom stereocenters. The van der Waals surface area contributed by atoms with Crippen molar-refractivity contribution < 1.29 is 14.3 Å². The number of hydrogen-bond acceptors (Lipinski definition) is 5. The second kappa shape index (κ2) is 10.1. The molecule has 0 saturated heterocycles. The molecule has 0 radical (unpaired) electrons. The van der Waals surface area contributed by atoms with E-state index >= 15 is 0 Å². The number of carbonyl (C=O) groups excluding carboxylic acids is 2. The second-order valence-corrected chi connectivity index (χ2v) is 10.5. The molecule has 0 aromatic heterocycles. The monoisotopic (exact) mass is 495 g/mol. The standard InChI is InChI=1S/C31H33N3O3/c1-31(2)17-25-29(27(35)18-31)30(22-9-5-4-6-10-22)34(26-12-8-7-11-24(26)33-25)20-28(36)32-19-21-13-15-23(37-3)16-14-21/h4-16,30,33H,17-20H2,1-3H3,(H,32,36)/t30-/m0/s1. The normalized spacial score (nSPS) is 18.3. The second-order valence-electron chi connectivity index (χ2n) is 10.5. The highest BCUT2D eigenvalue weighted by atomic mass is 16.5. The van der Waals surface area contributed by atoms with Crippen LogP contribution in [0.5, 0.6) is 5.75 Å². The summed E-state index contributed by atoms with van der Waals surface area (Å²) in [5.41, 5.74) is 5.35. The Morgan fingerprint density at radius 3 is 2.43 bits per heavy atom. The first-order valence-electron chi connectivity index (χ1n) is 12.7. The maximum absolute atomic E-state index is 13.7. The van der Waals surface area contributed by atoms with E-state index in [1.807, 2.05) is 78.9 Å². The number of fused-ring (bicyclic) bond motifs is 1. The summed E-state index contributed by atoms with van der Waals surface area (Å²) in [6.07, 6.45) is 1.24. The van der Waals surface area contributed by atoms with E-state index in [2.05, 4.69) is 29.4 Å². The summed E-state index contributed by atoms with van der Waals surface area (Å²) < 4.78 is 5.23. The number of methoxy groups -OCH3 is 1. The first-order chi connectivity index (χ1) is 17.8. The van der Waals surface area contributed by atoms with Crippen LogP contribution in [0.1, 0.15) is 43.9 Å². The highest BCUT2D eigenvalue weighted by Crippen LogP contribution is 2.48. The van der Waals surface area contributed by atoms with Crippen LogP contribution in [0.2, 0.25) is 0 Å². The van der Waals surface area contributed by atoms with Crippen molar-refractivity contribution in [1.82, 2.24) is 5.32 Å². The third-order valence-electron chi connectivity index (χ3n) is 7.08. The molecule has 5 rings (SSSR count). The number of ketones is 1. The van der Waals surface area contributed by atoms with Crippen LogP contribution in [0.3, 0.4) is 0 Å². The van der Waals surface area contributed by atoms with E-state index < -0.39 is 0 Å². The van der Waals surface area contributed by atoms with E-state index in [0.717, 1.165) is 45.9 Å². The van der Waals surface area contributed by atoms with Crippen LogP contribution in [0.15, 0.2) is 90.1 Å². The van der Waals surface area contributed by atoms with Crippen LogP contribution in [-0.4, -0.2) is 25.3 Å². The maximum Gasteiger partial charge on any atom is 0.239 e. The lowest BCUT2D eigenvalue weighted by atomic mass is 9.73. The van der Waals surface area contributed by atoms with Gasteiger partial charge in [-0.3, -0.25) is 9.59 Å². The topological polar surface area (TPSA) is 70.7 Å². The Hall–Kier alpha value is -4.06. The molecule has 2 N–H and O–H groups in total. The Bertz CT molecular complexity index is 1330. The van der Waals surface area contributed by atoms with Crippen molar-refractivity contribution >= 4 is 23.1 Å². The van der Waals surface area contributed by atoms with Gasteiger partial charge in [0, 0.05) is 24.2 Å². The molecule has 0 fully saturated rings. The number of Topliss-reactive ketones (excluding diaryl/α,β-unsaturated/α-hetero) is 1. The number of ether oxygens (including phenoxy) is 1. The van der Waals surface area contributed by atoms with Crippen molar-refractivity contribution in [2.45, 2.75) is 39.3 Å². The van der Waals surface area contributed by atoms with Gasteiger partial charge in [0.25, 0.3) is 0 Å². The van der Waals surface area contributed by atoms with E-state index in [0.29, 0.717) is 13.0 Å². The SMILES string of the molecule is COc1ccc(CNC(=O)CN2c3ccccc3NC3=C(C(=O)CC(C)(C)C3)[C@@H]2c2ccccc2)cc1. The fourth-order valence-corrected chi connectivity index (χ4v) is 5.36. The summed E-state index contributed by atoms with van der Waals surface area (Å²) >= 11 is 0. The minimum atomic E-state index is -0.373. The fraction of sp³-hybridized carbons (Fsp3) is 0.290. The minimum Gasteiger partial charge on any atom is -0.497 e. The molecule has 2 aliphatic rings. The van der Waals surface area contributed by atoms with Gasteiger partial charge < -0.3 is 20.3 Å². The van der Waals surface area contributed by atoms with Crippen molar-refractivity contribution in [3.63, 3.8) is 0 Å². The van der Waals surface area contributed by atoms with Gasteiger partial charge in [-0.2, -0.15) is 0 Å². The Morgan fingerprint density at radius 2 is 1.70 bits per heavy atom. The van der Waals surface area contributed by atoms with Crippen LogP contribution < -0.4 is 20.3 Å². The number of hydrogen-bond donors (Lipinski definition) is 2. The molecule has 0 unspecified atom stereocenters. The molecule has 6 nitrogen and oxygen atoms in total. The molecule has 3 aromatic carbocycles. The number of nitrogens with zero attached hydrogens (tertiary/aromatic N) is 1. The molecule has 3 aromatic rings. The Morgan fingerprint density at radius 1 is 1.00 bits per heavy atom. The van der Waals surface area contributed by atoms with Crippen molar-refractivity contribution in [3.8, 4) is 5.75 Å². The summed E-state index contributed by atoms with van der Waals surface area (Å²) in [4.78, 5) is 29.1. The number of benzene rings is 3. The van der Waals surface area contributed by atoms with E-state index in [1.165, 1.54) is 0 Å². The Kier molecular flexibility index (Phi) is 6.74. The molecule has 1 amide bonds. The number of rotatable bonds is 6. The first-order valence-corrected chi connectivity index (χ1v) is 12.7. The van der Waals surface area contributed by atoms with Crippen molar-refractivity contribution in [3.05, 3.63) is 101 Å². The lowest BCUT2D eigenvalue weighted by Gasteiger charge is -2.37. The zero-order chi connectivity index (χ0) is 26.0. The predicted octanol–water partition coefficient (Wildman–Crippen LogP) is 5.63. The molecular formula is C31H33N3O3. The molecule has 6 heteroatoms. The molecule has 0 saturated carbocycles. The van der Waals surface area contributed by atoms with Crippen LogP contribution in [-0.2, 0) is 16.1 Å². The molecule has 190 valence electrons. The van der Waals surface area contributed by atoms with E-state index in [9.17, 15) is 9.59 Å². The summed E-state index contributed by atoms with van der Waals surface area (Å²) in [6, 6.07) is 25.3. The molecule has 0 spiro atoms. The van der Waals surface area contributed by atoms with Gasteiger partial charge in [0.05, 0.1) is 31.1 Å². The van der Waals surface area contributed by atoms with Gasteiger partial charge in [-0.25, -0.2) is 0 Å². The maximum atomic E-state index is 13.7. The fourth-order valence-electron chi connectivity index (χ4n) is 5.36. The molecule has 1 heterocycles. The van der Waals surface area contributed by atoms with Gasteiger partial charge in [-0.15, -0.1) is 0 Å². The van der Waals surface area contributed by atoms with Gasteiger partial charge in [-0.05, 0) is 47.2 Å². The van der Waals surface area contributed by atoms with Crippen molar-refractivity contribution in [2.24, 2.45) is 5.41 Å². The average molecular weight is 496 g/mol. The van der Waals surface area contributed by atoms with Gasteiger partial charge >= 0.3 is 0 Å². The van der Waals surface area contributed by atoms with Gasteiger partial charge in [-0.1, -0.05) is 68.4 Å². The van der Waals surface area contributed by atoms with E-state index in [4.69, 9.17) is 4.74 Å². The highest BCUT2D eigenvalue weighted by Gasteiger charge is 2.41. The number of allylic oxidation sites excluding steroid dienone is 1. The number of para-hydroxylation sites is 2. The Labute approximate surface area is 218 Å². The Balaban J connectivity index is 1.51. The molecular weight excluding hydrogens is 462 g/mol. The number of amides is 1. The third-order valence-corrected chi connectivity index (χ3v) is 7.08. The zero-order valence-electron chi connectivity index (χ0n) is 21.6. The van der Waals surface area contributed by atoms with Gasteiger partial charge in [0.1, 0.15) is 5.75 Å². The summed E-state index contributed by atoms with van der Waals surface area (Å²) in [5.74, 6) is 0.794. The minimum absolute atomic E-state index is 0.112. The van der Waals surface area contributed by atoms with Crippen LogP contribution in [0.4, 0.5) is 11.4 Å². The molecule has 37 heavy (non-hydrogen) atoms. The third kappa shape index (κ3) is 5.24. The predicted molar refractivity (Wildman–Crippen MR) is 146 cm³/mol. The summed E-state index contributed by atoms with van der Waals surface area (Å²) in [6.45, 7) is 4.79. The van der Waals surface area contributed by atoms with Crippen molar-refractivity contribution in [1.29, 1.82) is 0 Å². The lowest BCUT2D eigenvalue weighted by Crippen LogP contribution is -2.41.